The Balaban J connectivity index is 1.62. The van der Waals surface area contributed by atoms with Gasteiger partial charge in [-0.3, -0.25) is 15.2 Å². The number of anilines is 1. The molecule has 0 unspecified atom stereocenters. The SMILES string of the molecule is COc1ccc(C)cc1-c1csc(NC(=O)c2cccc3cn[nH]c23)n1. The molecule has 130 valence electrons. The van der Waals surface area contributed by atoms with E-state index in [0.717, 1.165) is 28.0 Å². The van der Waals surface area contributed by atoms with Crippen molar-refractivity contribution in [3.05, 3.63) is 59.1 Å². The van der Waals surface area contributed by atoms with Gasteiger partial charge in [0.2, 0.25) is 0 Å². The molecule has 0 spiro atoms. The smallest absolute Gasteiger partial charge is 0.259 e. The maximum absolute atomic E-state index is 12.6. The molecular weight excluding hydrogens is 348 g/mol. The summed E-state index contributed by atoms with van der Waals surface area (Å²) in [5, 5.41) is 13.0. The lowest BCUT2D eigenvalue weighted by Crippen LogP contribution is -2.12. The van der Waals surface area contributed by atoms with E-state index in [2.05, 4.69) is 20.5 Å². The van der Waals surface area contributed by atoms with Crippen LogP contribution in [0.4, 0.5) is 5.13 Å². The van der Waals surface area contributed by atoms with Crippen LogP contribution in [0.25, 0.3) is 22.2 Å². The van der Waals surface area contributed by atoms with Crippen LogP contribution < -0.4 is 10.1 Å². The Morgan fingerprint density at radius 2 is 2.15 bits per heavy atom. The molecule has 0 aliphatic carbocycles. The second-order valence-corrected chi connectivity index (χ2v) is 6.69. The van der Waals surface area contributed by atoms with Crippen LogP contribution >= 0.6 is 11.3 Å². The summed E-state index contributed by atoms with van der Waals surface area (Å²) in [4.78, 5) is 17.2. The van der Waals surface area contributed by atoms with Crippen molar-refractivity contribution in [3.63, 3.8) is 0 Å². The standard InChI is InChI=1S/C19H16N4O2S/c1-11-6-7-16(25-2)14(8-11)15-10-26-19(21-15)22-18(24)13-5-3-4-12-9-20-23-17(12)13/h3-10H,1-2H3,(H,20,23)(H,21,22,24). The molecule has 2 aromatic carbocycles. The maximum Gasteiger partial charge on any atom is 0.259 e. The van der Waals surface area contributed by atoms with Gasteiger partial charge in [0.25, 0.3) is 5.91 Å². The number of ether oxygens (including phenoxy) is 1. The van der Waals surface area contributed by atoms with Crippen LogP contribution in [0, 0.1) is 6.92 Å². The highest BCUT2D eigenvalue weighted by Gasteiger charge is 2.15. The summed E-state index contributed by atoms with van der Waals surface area (Å²) in [5.41, 5.74) is 4.03. The van der Waals surface area contributed by atoms with Crippen LogP contribution in [0.15, 0.2) is 48.0 Å². The molecular formula is C19H16N4O2S. The number of thiazole rings is 1. The van der Waals surface area contributed by atoms with Crippen LogP contribution in [0.5, 0.6) is 5.75 Å². The van der Waals surface area contributed by atoms with Crippen LogP contribution in [0.2, 0.25) is 0 Å². The van der Waals surface area contributed by atoms with Gasteiger partial charge in [0.15, 0.2) is 5.13 Å². The third-order valence-corrected chi connectivity index (χ3v) is 4.83. The highest BCUT2D eigenvalue weighted by Crippen LogP contribution is 2.33. The summed E-state index contributed by atoms with van der Waals surface area (Å²) in [6.07, 6.45) is 1.69. The van der Waals surface area contributed by atoms with Crippen molar-refractivity contribution < 1.29 is 9.53 Å². The number of nitrogens with one attached hydrogen (secondary N) is 2. The third-order valence-electron chi connectivity index (χ3n) is 4.08. The number of carbonyl (C=O) groups excluding carboxylic acids is 1. The molecule has 0 aliphatic heterocycles. The lowest BCUT2D eigenvalue weighted by atomic mass is 10.1. The Morgan fingerprint density at radius 1 is 1.27 bits per heavy atom. The average molecular weight is 364 g/mol. The lowest BCUT2D eigenvalue weighted by molar-refractivity contribution is 0.102. The topological polar surface area (TPSA) is 79.9 Å². The fourth-order valence-corrected chi connectivity index (χ4v) is 3.51. The molecule has 0 saturated carbocycles. The Morgan fingerprint density at radius 3 is 3.00 bits per heavy atom. The second kappa shape index (κ2) is 6.61. The van der Waals surface area contributed by atoms with E-state index in [1.165, 1.54) is 11.3 Å². The van der Waals surface area contributed by atoms with E-state index in [1.54, 1.807) is 19.4 Å². The van der Waals surface area contributed by atoms with Crippen molar-refractivity contribution in [3.8, 4) is 17.0 Å². The highest BCUT2D eigenvalue weighted by molar-refractivity contribution is 7.14. The van der Waals surface area contributed by atoms with Crippen LogP contribution in [0.1, 0.15) is 15.9 Å². The minimum absolute atomic E-state index is 0.225. The van der Waals surface area contributed by atoms with Crippen molar-refractivity contribution in [2.75, 3.05) is 12.4 Å². The number of fused-ring (bicyclic) bond motifs is 1. The number of nitrogens with zero attached hydrogens (tertiary/aromatic N) is 2. The van der Waals surface area contributed by atoms with Gasteiger partial charge in [-0.25, -0.2) is 4.98 Å². The molecule has 0 atom stereocenters. The number of carbonyl (C=O) groups is 1. The number of methoxy groups -OCH3 is 1. The Hall–Kier alpha value is -3.19. The van der Waals surface area contributed by atoms with E-state index in [4.69, 9.17) is 4.74 Å². The molecule has 2 N–H and O–H groups in total. The van der Waals surface area contributed by atoms with Gasteiger partial charge >= 0.3 is 0 Å². The number of aryl methyl sites for hydroxylation is 1. The molecule has 0 saturated heterocycles. The zero-order valence-electron chi connectivity index (χ0n) is 14.2. The molecule has 7 heteroatoms. The Labute approximate surface area is 153 Å². The minimum atomic E-state index is -0.225. The van der Waals surface area contributed by atoms with Crippen molar-refractivity contribution in [2.45, 2.75) is 6.92 Å². The van der Waals surface area contributed by atoms with E-state index in [-0.39, 0.29) is 5.91 Å². The third kappa shape index (κ3) is 2.93. The predicted octanol–water partition coefficient (Wildman–Crippen LogP) is 4.26. The Kier molecular flexibility index (Phi) is 4.14. The molecule has 26 heavy (non-hydrogen) atoms. The van der Waals surface area contributed by atoms with Crippen molar-refractivity contribution in [1.82, 2.24) is 15.2 Å². The van der Waals surface area contributed by atoms with E-state index in [0.29, 0.717) is 16.2 Å². The van der Waals surface area contributed by atoms with Crippen molar-refractivity contribution in [2.24, 2.45) is 0 Å². The number of rotatable bonds is 4. The fourth-order valence-electron chi connectivity index (χ4n) is 2.80. The number of hydrogen-bond donors (Lipinski definition) is 2. The predicted molar refractivity (Wildman–Crippen MR) is 103 cm³/mol. The first-order valence-electron chi connectivity index (χ1n) is 7.99. The van der Waals surface area contributed by atoms with Gasteiger partial charge in [-0.2, -0.15) is 5.10 Å². The zero-order valence-corrected chi connectivity index (χ0v) is 15.1. The summed E-state index contributed by atoms with van der Waals surface area (Å²) in [6, 6.07) is 11.4. The molecule has 2 aromatic heterocycles. The molecule has 0 radical (unpaired) electrons. The number of benzene rings is 2. The summed E-state index contributed by atoms with van der Waals surface area (Å²) in [6.45, 7) is 2.02. The first kappa shape index (κ1) is 16.3. The molecule has 0 bridgehead atoms. The van der Waals surface area contributed by atoms with E-state index < -0.39 is 0 Å². The van der Waals surface area contributed by atoms with Gasteiger partial charge in [0, 0.05) is 16.3 Å². The van der Waals surface area contributed by atoms with Gasteiger partial charge in [-0.15, -0.1) is 11.3 Å². The van der Waals surface area contributed by atoms with Gasteiger partial charge in [-0.1, -0.05) is 23.8 Å². The van der Waals surface area contributed by atoms with Crippen molar-refractivity contribution in [1.29, 1.82) is 0 Å². The normalized spacial score (nSPS) is 10.8. The molecule has 0 fully saturated rings. The molecule has 2 heterocycles. The van der Waals surface area contributed by atoms with Crippen LogP contribution in [-0.2, 0) is 0 Å². The number of aromatic nitrogens is 3. The summed E-state index contributed by atoms with van der Waals surface area (Å²) < 4.78 is 5.42. The summed E-state index contributed by atoms with van der Waals surface area (Å²) >= 11 is 1.38. The first-order valence-corrected chi connectivity index (χ1v) is 8.87. The van der Waals surface area contributed by atoms with Crippen LogP contribution in [-0.4, -0.2) is 28.2 Å². The van der Waals surface area contributed by atoms with Gasteiger partial charge in [-0.05, 0) is 25.1 Å². The Bertz CT molecular complexity index is 1100. The van der Waals surface area contributed by atoms with Crippen LogP contribution in [0.3, 0.4) is 0 Å². The average Bonchev–Trinajstić information content (AvgIpc) is 3.30. The largest absolute Gasteiger partial charge is 0.496 e. The van der Waals surface area contributed by atoms with Gasteiger partial charge < -0.3 is 4.74 Å². The van der Waals surface area contributed by atoms with E-state index in [9.17, 15) is 4.79 Å². The minimum Gasteiger partial charge on any atom is -0.496 e. The molecule has 0 aliphatic rings. The fraction of sp³-hybridized carbons (Fsp3) is 0.105. The number of aromatic amines is 1. The van der Waals surface area contributed by atoms with E-state index >= 15 is 0 Å². The summed E-state index contributed by atoms with van der Waals surface area (Å²) in [7, 11) is 1.63. The number of H-pyrrole nitrogens is 1. The molecule has 4 aromatic rings. The quantitative estimate of drug-likeness (QED) is 0.567. The monoisotopic (exact) mass is 364 g/mol. The molecule has 6 nitrogen and oxygen atoms in total. The first-order chi connectivity index (χ1) is 12.7. The summed E-state index contributed by atoms with van der Waals surface area (Å²) in [5.74, 6) is 0.526. The molecule has 4 rings (SSSR count). The highest BCUT2D eigenvalue weighted by atomic mass is 32.1. The maximum atomic E-state index is 12.6. The van der Waals surface area contributed by atoms with Gasteiger partial charge in [0.1, 0.15) is 5.75 Å². The molecule has 1 amide bonds. The number of hydrogen-bond acceptors (Lipinski definition) is 5. The lowest BCUT2D eigenvalue weighted by Gasteiger charge is -2.07. The van der Waals surface area contributed by atoms with Gasteiger partial charge in [0.05, 0.1) is 30.1 Å². The zero-order chi connectivity index (χ0) is 18.1. The van der Waals surface area contributed by atoms with E-state index in [1.807, 2.05) is 42.6 Å². The van der Waals surface area contributed by atoms with Crippen molar-refractivity contribution >= 4 is 33.3 Å². The number of para-hydroxylation sites is 1. The second-order valence-electron chi connectivity index (χ2n) is 5.84. The number of amides is 1.